The molecule has 2 saturated carbocycles. The zero-order valence-corrected chi connectivity index (χ0v) is 36.6. The number of carbonyl (C=O) groups is 2. The molecule has 0 radical (unpaired) electrons. The van der Waals surface area contributed by atoms with Gasteiger partial charge in [-0.1, -0.05) is 102 Å². The van der Waals surface area contributed by atoms with E-state index < -0.39 is 17.4 Å². The highest BCUT2D eigenvalue weighted by atomic mass is 16.5. The highest BCUT2D eigenvalue weighted by Crippen LogP contribution is 2.47. The number of allylic oxidation sites excluding steroid dienone is 4. The standard InChI is InChI=1S/C52H72O7/c1-7-8-9-12-38-15-17-39(18-16-38)40-19-21-41(22-20-40)43-25-26-47(48(33-43)42-23-24-42)46-31-44(13-10-28-58-50(55)36(2)3)49(57-30-27-52(6,34-53)35-54)45(32-46)14-11-29-59-51(56)37(4)5/h19,21-22,25-26,31-33,38-40,42,53-54H,2,4,7-18,20,23-24,27-30,34-35H2,1,3,5-6H3. The zero-order valence-electron chi connectivity index (χ0n) is 36.6. The SMILES string of the molecule is C=C(C)C(=O)OCCCc1cc(-c2ccc(C3=CCC(C4CCC(CCCCC)CC4)C=C3)cc2C2CC2)cc(CCCOC(=O)C(=C)C)c1OCCC(C)(CO)CO. The summed E-state index contributed by atoms with van der Waals surface area (Å²) in [4.78, 5) is 24.4. The van der Waals surface area contributed by atoms with Crippen LogP contribution in [0.3, 0.4) is 0 Å². The van der Waals surface area contributed by atoms with E-state index in [1.807, 2.05) is 6.92 Å². The fraction of sp³-hybridized carbons (Fsp3) is 0.577. The number of aryl methyl sites for hydroxylation is 2. The minimum Gasteiger partial charge on any atom is -0.493 e. The molecule has 322 valence electrons. The quantitative estimate of drug-likeness (QED) is 0.0618. The Morgan fingerprint density at radius 2 is 1.42 bits per heavy atom. The van der Waals surface area contributed by atoms with Gasteiger partial charge < -0.3 is 24.4 Å². The Bertz CT molecular complexity index is 1750. The fourth-order valence-electron chi connectivity index (χ4n) is 8.70. The van der Waals surface area contributed by atoms with Gasteiger partial charge in [-0.2, -0.15) is 0 Å². The number of unbranched alkanes of at least 4 members (excludes halogenated alkanes) is 2. The molecule has 1 atom stereocenters. The largest absolute Gasteiger partial charge is 0.493 e. The normalized spacial score (nSPS) is 19.2. The fourth-order valence-corrected chi connectivity index (χ4v) is 8.70. The summed E-state index contributed by atoms with van der Waals surface area (Å²) in [6.07, 6.45) is 24.7. The highest BCUT2D eigenvalue weighted by Gasteiger charge is 2.30. The van der Waals surface area contributed by atoms with E-state index in [1.54, 1.807) is 13.8 Å². The number of hydrogen-bond acceptors (Lipinski definition) is 7. The molecular weight excluding hydrogens is 737 g/mol. The summed E-state index contributed by atoms with van der Waals surface area (Å²) in [5, 5.41) is 19.9. The van der Waals surface area contributed by atoms with Gasteiger partial charge in [0.1, 0.15) is 5.75 Å². The number of aliphatic hydroxyl groups excluding tert-OH is 2. The van der Waals surface area contributed by atoms with E-state index in [2.05, 4.69) is 68.6 Å². The first kappa shape index (κ1) is 46.1. The highest BCUT2D eigenvalue weighted by molar-refractivity contribution is 5.87. The second-order valence-corrected chi connectivity index (χ2v) is 18.2. The molecule has 0 amide bonds. The molecule has 7 nitrogen and oxygen atoms in total. The number of hydrogen-bond donors (Lipinski definition) is 2. The van der Waals surface area contributed by atoms with Gasteiger partial charge in [0.2, 0.25) is 0 Å². The third-order valence-electron chi connectivity index (χ3n) is 12.9. The molecule has 0 aromatic heterocycles. The summed E-state index contributed by atoms with van der Waals surface area (Å²) in [6.45, 7) is 15.4. The molecule has 2 aromatic carbocycles. The van der Waals surface area contributed by atoms with E-state index in [-0.39, 0.29) is 26.4 Å². The lowest BCUT2D eigenvalue weighted by Gasteiger charge is -2.33. The van der Waals surface area contributed by atoms with Crippen molar-refractivity contribution in [2.24, 2.45) is 23.2 Å². The predicted molar refractivity (Wildman–Crippen MR) is 239 cm³/mol. The van der Waals surface area contributed by atoms with Crippen molar-refractivity contribution >= 4 is 17.5 Å². The van der Waals surface area contributed by atoms with Crippen LogP contribution in [-0.2, 0) is 31.9 Å². The Hall–Kier alpha value is -3.94. The maximum absolute atomic E-state index is 12.2. The zero-order chi connectivity index (χ0) is 42.4. The van der Waals surface area contributed by atoms with Crippen LogP contribution >= 0.6 is 0 Å². The lowest BCUT2D eigenvalue weighted by atomic mass is 9.72. The Balaban J connectivity index is 1.40. The van der Waals surface area contributed by atoms with Crippen LogP contribution in [0.2, 0.25) is 0 Å². The van der Waals surface area contributed by atoms with E-state index in [0.717, 1.165) is 40.7 Å². The first-order chi connectivity index (χ1) is 28.4. The van der Waals surface area contributed by atoms with E-state index in [9.17, 15) is 19.8 Å². The molecule has 2 N–H and O–H groups in total. The Morgan fingerprint density at radius 1 is 0.797 bits per heavy atom. The number of benzene rings is 2. The average Bonchev–Trinajstić information content (AvgIpc) is 4.10. The van der Waals surface area contributed by atoms with Crippen LogP contribution in [0.25, 0.3) is 16.7 Å². The monoisotopic (exact) mass is 809 g/mol. The van der Waals surface area contributed by atoms with Gasteiger partial charge in [0.15, 0.2) is 0 Å². The number of aliphatic hydroxyl groups is 2. The minimum atomic E-state index is -0.675. The van der Waals surface area contributed by atoms with Gasteiger partial charge >= 0.3 is 11.9 Å². The van der Waals surface area contributed by atoms with Crippen molar-refractivity contribution in [2.45, 2.75) is 136 Å². The van der Waals surface area contributed by atoms with Crippen LogP contribution < -0.4 is 4.74 Å². The molecule has 5 rings (SSSR count). The smallest absolute Gasteiger partial charge is 0.333 e. The van der Waals surface area contributed by atoms with Crippen LogP contribution in [0.1, 0.15) is 146 Å². The Labute approximate surface area is 355 Å². The lowest BCUT2D eigenvalue weighted by Crippen LogP contribution is -2.28. The van der Waals surface area contributed by atoms with Gasteiger partial charge in [0.05, 0.1) is 33.0 Å². The first-order valence-corrected chi connectivity index (χ1v) is 22.6. The van der Waals surface area contributed by atoms with Crippen molar-refractivity contribution < 1.29 is 34.0 Å². The van der Waals surface area contributed by atoms with Crippen LogP contribution in [-0.4, -0.2) is 55.2 Å². The second kappa shape index (κ2) is 22.6. The maximum atomic E-state index is 12.2. The average molecular weight is 809 g/mol. The molecule has 2 fully saturated rings. The molecular formula is C52H72O7. The number of esters is 2. The molecule has 0 saturated heterocycles. The Kier molecular flexibility index (Phi) is 17.7. The number of rotatable bonds is 24. The number of ether oxygens (including phenoxy) is 3. The molecule has 2 aromatic rings. The summed E-state index contributed by atoms with van der Waals surface area (Å²) < 4.78 is 17.5. The molecule has 1 unspecified atom stereocenters. The van der Waals surface area contributed by atoms with E-state index in [1.165, 1.54) is 86.5 Å². The van der Waals surface area contributed by atoms with Crippen molar-refractivity contribution in [1.82, 2.24) is 0 Å². The van der Waals surface area contributed by atoms with Crippen LogP contribution in [0.4, 0.5) is 0 Å². The molecule has 0 bridgehead atoms. The van der Waals surface area contributed by atoms with Gasteiger partial charge in [-0.05, 0) is 153 Å². The van der Waals surface area contributed by atoms with E-state index >= 15 is 0 Å². The van der Waals surface area contributed by atoms with Crippen molar-refractivity contribution in [3.63, 3.8) is 0 Å². The molecule has 59 heavy (non-hydrogen) atoms. The molecule has 3 aliphatic rings. The minimum absolute atomic E-state index is 0.152. The summed E-state index contributed by atoms with van der Waals surface area (Å²) in [5.74, 6) is 2.84. The van der Waals surface area contributed by atoms with Crippen LogP contribution in [0.5, 0.6) is 5.75 Å². The predicted octanol–water partition coefficient (Wildman–Crippen LogP) is 11.4. The van der Waals surface area contributed by atoms with Crippen LogP contribution in [0.15, 0.2) is 72.9 Å². The van der Waals surface area contributed by atoms with E-state index in [0.29, 0.717) is 61.7 Å². The van der Waals surface area contributed by atoms with Gasteiger partial charge in [0.25, 0.3) is 0 Å². The summed E-state index contributed by atoms with van der Waals surface area (Å²) >= 11 is 0. The van der Waals surface area contributed by atoms with Gasteiger partial charge in [-0.3, -0.25) is 0 Å². The van der Waals surface area contributed by atoms with Gasteiger partial charge in [-0.25, -0.2) is 9.59 Å². The first-order valence-electron chi connectivity index (χ1n) is 22.6. The molecule has 0 heterocycles. The summed E-state index contributed by atoms with van der Waals surface area (Å²) in [5.41, 5.74) is 8.37. The third kappa shape index (κ3) is 13.5. The summed E-state index contributed by atoms with van der Waals surface area (Å²) in [7, 11) is 0. The second-order valence-electron chi connectivity index (χ2n) is 18.2. The maximum Gasteiger partial charge on any atom is 0.333 e. The van der Waals surface area contributed by atoms with Crippen molar-refractivity contribution in [2.75, 3.05) is 33.0 Å². The van der Waals surface area contributed by atoms with E-state index in [4.69, 9.17) is 14.2 Å². The molecule has 0 spiro atoms. The third-order valence-corrected chi connectivity index (χ3v) is 12.9. The van der Waals surface area contributed by atoms with Crippen molar-refractivity contribution in [3.8, 4) is 16.9 Å². The van der Waals surface area contributed by atoms with Gasteiger partial charge in [0, 0.05) is 16.6 Å². The van der Waals surface area contributed by atoms with Crippen LogP contribution in [0, 0.1) is 23.2 Å². The molecule has 0 aliphatic heterocycles. The lowest BCUT2D eigenvalue weighted by molar-refractivity contribution is -0.139. The van der Waals surface area contributed by atoms with Crippen molar-refractivity contribution in [3.05, 3.63) is 95.1 Å². The molecule has 7 heteroatoms. The molecule has 3 aliphatic carbocycles. The van der Waals surface area contributed by atoms with Gasteiger partial charge in [-0.15, -0.1) is 0 Å². The summed E-state index contributed by atoms with van der Waals surface area (Å²) in [6, 6.07) is 11.4. The van der Waals surface area contributed by atoms with Crippen molar-refractivity contribution in [1.29, 1.82) is 0 Å². The Morgan fingerprint density at radius 3 is 1.95 bits per heavy atom. The number of carbonyl (C=O) groups excluding carboxylic acids is 2. The topological polar surface area (TPSA) is 102 Å².